The topological polar surface area (TPSA) is 59.1 Å². The van der Waals surface area contributed by atoms with Gasteiger partial charge in [0.25, 0.3) is 8.18 Å². The molecule has 1 amide bonds. The summed E-state index contributed by atoms with van der Waals surface area (Å²) in [4.78, 5) is 13.0. The molecular weight excluding hydrogens is 242 g/mol. The number of carbonyl (C=O) groups is 1. The van der Waals surface area contributed by atoms with Crippen molar-refractivity contribution < 1.29 is 18.6 Å². The second-order valence-corrected chi connectivity index (χ2v) is 6.18. The third kappa shape index (κ3) is 4.80. The molecule has 0 spiro atoms. The van der Waals surface area contributed by atoms with Gasteiger partial charge < -0.3 is 14.2 Å². The van der Waals surface area contributed by atoms with E-state index in [2.05, 4.69) is 0 Å². The zero-order valence-corrected chi connectivity index (χ0v) is 11.8. The van der Waals surface area contributed by atoms with Crippen LogP contribution in [0, 0.1) is 0 Å². The van der Waals surface area contributed by atoms with Gasteiger partial charge >= 0.3 is 0 Å². The van der Waals surface area contributed by atoms with Crippen molar-refractivity contribution in [2.75, 3.05) is 33.8 Å². The SMILES string of the molecule is BC1CN(C(C)=O)CC(CO[PH](=O)N(C)C)O1. The smallest absolute Gasteiger partial charge is 0.260 e. The van der Waals surface area contributed by atoms with Gasteiger partial charge in [-0.3, -0.25) is 9.36 Å². The van der Waals surface area contributed by atoms with E-state index >= 15 is 0 Å². The van der Waals surface area contributed by atoms with Gasteiger partial charge in [0.15, 0.2) is 0 Å². The monoisotopic (exact) mass is 262 g/mol. The van der Waals surface area contributed by atoms with Gasteiger partial charge in [-0.2, -0.15) is 0 Å². The van der Waals surface area contributed by atoms with E-state index in [0.29, 0.717) is 13.1 Å². The molecule has 0 bridgehead atoms. The third-order valence-corrected chi connectivity index (χ3v) is 3.67. The fourth-order valence-corrected chi connectivity index (χ4v) is 2.27. The number of rotatable bonds is 4. The first kappa shape index (κ1) is 14.7. The molecule has 3 unspecified atom stereocenters. The van der Waals surface area contributed by atoms with Gasteiger partial charge in [-0.15, -0.1) is 0 Å². The summed E-state index contributed by atoms with van der Waals surface area (Å²) in [5.74, 6) is 0.0328. The second kappa shape index (κ2) is 6.54. The molecule has 8 heteroatoms. The summed E-state index contributed by atoms with van der Waals surface area (Å²) in [6, 6.07) is -0.0112. The lowest BCUT2D eigenvalue weighted by Gasteiger charge is -2.36. The maximum Gasteiger partial charge on any atom is 0.260 e. The van der Waals surface area contributed by atoms with Crippen LogP contribution >= 0.6 is 8.18 Å². The van der Waals surface area contributed by atoms with Gasteiger partial charge in [0.05, 0.1) is 12.7 Å². The first-order valence-electron chi connectivity index (χ1n) is 5.65. The summed E-state index contributed by atoms with van der Waals surface area (Å²) < 4.78 is 23.8. The lowest BCUT2D eigenvalue weighted by molar-refractivity contribution is -0.139. The Bertz CT molecular complexity index is 303. The van der Waals surface area contributed by atoms with Crippen LogP contribution in [0.3, 0.4) is 0 Å². The average molecular weight is 262 g/mol. The number of nitrogens with zero attached hydrogens (tertiary/aromatic N) is 2. The molecule has 0 aliphatic carbocycles. The van der Waals surface area contributed by atoms with Gasteiger partial charge in [0.1, 0.15) is 7.85 Å². The highest BCUT2D eigenvalue weighted by Crippen LogP contribution is 2.25. The summed E-state index contributed by atoms with van der Waals surface area (Å²) in [5.41, 5.74) is 0. The molecule has 6 nitrogen and oxygen atoms in total. The van der Waals surface area contributed by atoms with Crippen molar-refractivity contribution in [1.82, 2.24) is 9.57 Å². The van der Waals surface area contributed by atoms with Crippen molar-refractivity contribution in [2.45, 2.75) is 19.0 Å². The summed E-state index contributed by atoms with van der Waals surface area (Å²) in [6.45, 7) is 2.90. The highest BCUT2D eigenvalue weighted by molar-refractivity contribution is 7.36. The number of amides is 1. The van der Waals surface area contributed by atoms with Crippen LogP contribution in [0.25, 0.3) is 0 Å². The van der Waals surface area contributed by atoms with Crippen molar-refractivity contribution >= 4 is 21.9 Å². The Morgan fingerprint density at radius 3 is 2.76 bits per heavy atom. The minimum Gasteiger partial charge on any atom is -0.378 e. The summed E-state index contributed by atoms with van der Waals surface area (Å²) in [6.07, 6.45) is -0.198. The van der Waals surface area contributed by atoms with Crippen LogP contribution in [0.5, 0.6) is 0 Å². The minimum absolute atomic E-state index is 0.0112. The molecule has 17 heavy (non-hydrogen) atoms. The van der Waals surface area contributed by atoms with Gasteiger partial charge in [-0.25, -0.2) is 4.67 Å². The van der Waals surface area contributed by atoms with Crippen molar-refractivity contribution in [3.05, 3.63) is 0 Å². The van der Waals surface area contributed by atoms with Gasteiger partial charge in [0, 0.05) is 26.0 Å². The normalized spacial score (nSPS) is 27.2. The van der Waals surface area contributed by atoms with E-state index in [0.717, 1.165) is 0 Å². The molecule has 1 fully saturated rings. The lowest BCUT2D eigenvalue weighted by atomic mass is 9.97. The Morgan fingerprint density at radius 2 is 2.24 bits per heavy atom. The highest BCUT2D eigenvalue weighted by Gasteiger charge is 2.27. The Labute approximate surface area is 104 Å². The van der Waals surface area contributed by atoms with E-state index in [1.807, 2.05) is 7.85 Å². The van der Waals surface area contributed by atoms with E-state index in [1.165, 1.54) is 0 Å². The highest BCUT2D eigenvalue weighted by atomic mass is 31.1. The zero-order chi connectivity index (χ0) is 13.0. The molecule has 1 rings (SSSR count). The Balaban J connectivity index is 2.43. The predicted molar refractivity (Wildman–Crippen MR) is 68.1 cm³/mol. The molecule has 98 valence electrons. The van der Waals surface area contributed by atoms with Gasteiger partial charge in [0.2, 0.25) is 5.91 Å². The van der Waals surface area contributed by atoms with Crippen LogP contribution in [0.15, 0.2) is 0 Å². The summed E-state index contributed by atoms with van der Waals surface area (Å²) >= 11 is 0. The fourth-order valence-electron chi connectivity index (χ4n) is 1.69. The van der Waals surface area contributed by atoms with E-state index in [-0.39, 0.29) is 24.6 Å². The maximum absolute atomic E-state index is 11.4. The van der Waals surface area contributed by atoms with Crippen LogP contribution in [0.4, 0.5) is 0 Å². The minimum atomic E-state index is -2.16. The molecule has 1 heterocycles. The Kier molecular flexibility index (Phi) is 5.66. The molecule has 0 aromatic carbocycles. The zero-order valence-electron chi connectivity index (χ0n) is 10.8. The molecule has 1 saturated heterocycles. The second-order valence-electron chi connectivity index (χ2n) is 4.46. The molecule has 0 N–H and O–H groups in total. The predicted octanol–water partition coefficient (Wildman–Crippen LogP) is -0.839. The molecule has 0 aromatic rings. The number of hydrogen-bond acceptors (Lipinski definition) is 4. The molecular formula is C9H20BN2O4P. The lowest BCUT2D eigenvalue weighted by Crippen LogP contribution is -2.50. The Morgan fingerprint density at radius 1 is 1.59 bits per heavy atom. The number of carbonyl (C=O) groups excluding carboxylic acids is 1. The van der Waals surface area contributed by atoms with Crippen LogP contribution in [-0.2, 0) is 18.6 Å². The molecule has 1 aliphatic rings. The van der Waals surface area contributed by atoms with E-state index in [9.17, 15) is 9.36 Å². The van der Waals surface area contributed by atoms with Crippen LogP contribution in [0.1, 0.15) is 6.92 Å². The molecule has 0 radical (unpaired) electrons. The molecule has 0 saturated carbocycles. The quantitative estimate of drug-likeness (QED) is 0.488. The average Bonchev–Trinajstić information content (AvgIpc) is 2.24. The van der Waals surface area contributed by atoms with Crippen molar-refractivity contribution in [3.8, 4) is 0 Å². The first-order valence-corrected chi connectivity index (χ1v) is 6.91. The largest absolute Gasteiger partial charge is 0.378 e. The molecule has 3 atom stereocenters. The van der Waals surface area contributed by atoms with E-state index in [1.54, 1.807) is 30.6 Å². The summed E-state index contributed by atoms with van der Waals surface area (Å²) in [5, 5.41) is 0. The van der Waals surface area contributed by atoms with Gasteiger partial charge in [-0.05, 0) is 14.1 Å². The van der Waals surface area contributed by atoms with Crippen molar-refractivity contribution in [2.24, 2.45) is 0 Å². The van der Waals surface area contributed by atoms with E-state index in [4.69, 9.17) is 9.26 Å². The molecule has 0 aromatic heterocycles. The summed E-state index contributed by atoms with van der Waals surface area (Å²) in [7, 11) is 3.16. The van der Waals surface area contributed by atoms with Gasteiger partial charge in [-0.1, -0.05) is 0 Å². The first-order chi connectivity index (χ1) is 7.90. The van der Waals surface area contributed by atoms with Crippen LogP contribution in [-0.4, -0.2) is 69.2 Å². The van der Waals surface area contributed by atoms with Crippen molar-refractivity contribution in [1.29, 1.82) is 0 Å². The number of hydrogen-bond donors (Lipinski definition) is 0. The van der Waals surface area contributed by atoms with Crippen LogP contribution in [0.2, 0.25) is 0 Å². The third-order valence-electron chi connectivity index (χ3n) is 2.53. The van der Waals surface area contributed by atoms with Crippen LogP contribution < -0.4 is 0 Å². The standard InChI is InChI=1S/C9H20BN2O4P/c1-7(13)12-4-8(16-9(10)5-12)6-15-17(14)11(2)3/h8-9,17H,4-6,10H2,1-3H3. The van der Waals surface area contributed by atoms with Crippen molar-refractivity contribution in [3.63, 3.8) is 0 Å². The maximum atomic E-state index is 11.4. The van der Waals surface area contributed by atoms with E-state index < -0.39 is 8.18 Å². The number of ether oxygens (including phenoxy) is 1. The Hall–Kier alpha value is -0.355. The fraction of sp³-hybridized carbons (Fsp3) is 0.889. The number of morpholine rings is 1. The molecule has 1 aliphatic heterocycles.